The lowest BCUT2D eigenvalue weighted by molar-refractivity contribution is -0.137. The number of benzene rings is 1. The van der Waals surface area contributed by atoms with Crippen molar-refractivity contribution in [2.24, 2.45) is 5.92 Å². The molecule has 0 heterocycles. The summed E-state index contributed by atoms with van der Waals surface area (Å²) in [6.07, 6.45) is 4.56. The van der Waals surface area contributed by atoms with Crippen molar-refractivity contribution in [2.45, 2.75) is 38.0 Å². The van der Waals surface area contributed by atoms with Crippen LogP contribution in [0, 0.1) is 11.7 Å². The monoisotopic (exact) mass is 236 g/mol. The molecule has 1 aliphatic carbocycles. The molecule has 3 heteroatoms. The van der Waals surface area contributed by atoms with Crippen molar-refractivity contribution in [3.8, 4) is 0 Å². The second-order valence-corrected chi connectivity index (χ2v) is 4.80. The Bertz CT molecular complexity index is 397. The average molecular weight is 236 g/mol. The molecule has 1 saturated carbocycles. The number of aliphatic carboxylic acids is 1. The predicted molar refractivity (Wildman–Crippen MR) is 63.4 cm³/mol. The summed E-state index contributed by atoms with van der Waals surface area (Å²) in [7, 11) is 0. The van der Waals surface area contributed by atoms with Crippen molar-refractivity contribution in [1.29, 1.82) is 0 Å². The van der Waals surface area contributed by atoms with Crippen LogP contribution in [0.2, 0.25) is 0 Å². The fraction of sp³-hybridized carbons (Fsp3) is 0.500. The van der Waals surface area contributed by atoms with E-state index in [0.717, 1.165) is 31.2 Å². The highest BCUT2D eigenvalue weighted by atomic mass is 19.1. The highest BCUT2D eigenvalue weighted by molar-refractivity contribution is 5.68. The molecule has 0 radical (unpaired) electrons. The number of carboxylic acids is 1. The summed E-state index contributed by atoms with van der Waals surface area (Å²) in [5.74, 6) is -0.722. The van der Waals surface area contributed by atoms with Gasteiger partial charge in [0, 0.05) is 0 Å². The Morgan fingerprint density at radius 1 is 1.41 bits per heavy atom. The molecule has 0 aromatic heterocycles. The fourth-order valence-electron chi connectivity index (χ4n) is 2.84. The van der Waals surface area contributed by atoms with Crippen LogP contribution >= 0.6 is 0 Å². The van der Waals surface area contributed by atoms with Crippen molar-refractivity contribution < 1.29 is 14.3 Å². The first-order chi connectivity index (χ1) is 8.16. The molecule has 0 aliphatic heterocycles. The number of carboxylic acid groups (broad SMARTS) is 1. The third-order valence-electron chi connectivity index (χ3n) is 3.64. The van der Waals surface area contributed by atoms with Crippen LogP contribution in [0.3, 0.4) is 0 Å². The van der Waals surface area contributed by atoms with Crippen molar-refractivity contribution in [1.82, 2.24) is 0 Å². The van der Waals surface area contributed by atoms with Gasteiger partial charge in [0.2, 0.25) is 0 Å². The molecule has 0 amide bonds. The molecule has 17 heavy (non-hydrogen) atoms. The van der Waals surface area contributed by atoms with Gasteiger partial charge in [-0.1, -0.05) is 25.0 Å². The Morgan fingerprint density at radius 2 is 2.12 bits per heavy atom. The van der Waals surface area contributed by atoms with E-state index >= 15 is 0 Å². The predicted octanol–water partition coefficient (Wildman–Crippen LogP) is 3.57. The van der Waals surface area contributed by atoms with E-state index in [2.05, 4.69) is 0 Å². The first kappa shape index (κ1) is 12.1. The number of hydrogen-bond donors (Lipinski definition) is 1. The van der Waals surface area contributed by atoms with Gasteiger partial charge in [-0.3, -0.25) is 4.79 Å². The SMILES string of the molecule is O=C(O)CC(c1cccc(F)c1)C1CCCC1. The smallest absolute Gasteiger partial charge is 0.303 e. The molecule has 0 bridgehead atoms. The minimum Gasteiger partial charge on any atom is -0.481 e. The minimum atomic E-state index is -0.800. The topological polar surface area (TPSA) is 37.3 Å². The Balaban J connectivity index is 2.22. The zero-order chi connectivity index (χ0) is 12.3. The van der Waals surface area contributed by atoms with Crippen LogP contribution in [-0.4, -0.2) is 11.1 Å². The molecule has 1 aromatic rings. The van der Waals surface area contributed by atoms with Gasteiger partial charge >= 0.3 is 5.97 Å². The molecular weight excluding hydrogens is 219 g/mol. The van der Waals surface area contributed by atoms with Gasteiger partial charge in [-0.15, -0.1) is 0 Å². The number of hydrogen-bond acceptors (Lipinski definition) is 1. The molecule has 1 aromatic carbocycles. The molecule has 2 rings (SSSR count). The first-order valence-corrected chi connectivity index (χ1v) is 6.14. The Kier molecular flexibility index (Phi) is 3.77. The van der Waals surface area contributed by atoms with Gasteiger partial charge in [-0.25, -0.2) is 4.39 Å². The molecule has 92 valence electrons. The summed E-state index contributed by atoms with van der Waals surface area (Å²) >= 11 is 0. The maximum Gasteiger partial charge on any atom is 0.303 e. The second-order valence-electron chi connectivity index (χ2n) is 4.80. The third kappa shape index (κ3) is 3.05. The van der Waals surface area contributed by atoms with E-state index in [1.165, 1.54) is 12.1 Å². The fourth-order valence-corrected chi connectivity index (χ4v) is 2.84. The molecule has 1 N–H and O–H groups in total. The number of halogens is 1. The molecule has 2 nitrogen and oxygen atoms in total. The van der Waals surface area contributed by atoms with Gasteiger partial charge in [0.1, 0.15) is 5.82 Å². The maximum atomic E-state index is 13.2. The van der Waals surface area contributed by atoms with Crippen LogP contribution in [0.15, 0.2) is 24.3 Å². The molecule has 0 spiro atoms. The summed E-state index contributed by atoms with van der Waals surface area (Å²) in [6, 6.07) is 6.38. The Labute approximate surface area is 100 Å². The summed E-state index contributed by atoms with van der Waals surface area (Å²) in [5, 5.41) is 8.98. The van der Waals surface area contributed by atoms with Gasteiger partial charge in [0.05, 0.1) is 6.42 Å². The standard InChI is InChI=1S/C14H17FO2/c15-12-7-3-6-11(8-12)13(9-14(16)17)10-4-1-2-5-10/h3,6-8,10,13H,1-2,4-5,9H2,(H,16,17). The van der Waals surface area contributed by atoms with Gasteiger partial charge in [0.15, 0.2) is 0 Å². The molecule has 1 aliphatic rings. The summed E-state index contributed by atoms with van der Waals surface area (Å²) in [5.41, 5.74) is 0.833. The molecule has 1 fully saturated rings. The highest BCUT2D eigenvalue weighted by Gasteiger charge is 2.28. The zero-order valence-corrected chi connectivity index (χ0v) is 9.73. The Hall–Kier alpha value is -1.38. The van der Waals surface area contributed by atoms with Crippen molar-refractivity contribution >= 4 is 5.97 Å². The lowest BCUT2D eigenvalue weighted by Crippen LogP contribution is -2.14. The summed E-state index contributed by atoms with van der Waals surface area (Å²) in [6.45, 7) is 0. The Morgan fingerprint density at radius 3 is 2.71 bits per heavy atom. The van der Waals surface area contributed by atoms with Crippen LogP contribution in [-0.2, 0) is 4.79 Å². The van der Waals surface area contributed by atoms with Crippen molar-refractivity contribution in [3.05, 3.63) is 35.6 Å². The molecular formula is C14H17FO2. The van der Waals surface area contributed by atoms with E-state index in [1.54, 1.807) is 6.07 Å². The van der Waals surface area contributed by atoms with Crippen LogP contribution in [0.5, 0.6) is 0 Å². The van der Waals surface area contributed by atoms with Crippen LogP contribution in [0.25, 0.3) is 0 Å². The quantitative estimate of drug-likeness (QED) is 0.867. The van der Waals surface area contributed by atoms with E-state index in [4.69, 9.17) is 5.11 Å². The van der Waals surface area contributed by atoms with E-state index < -0.39 is 5.97 Å². The average Bonchev–Trinajstić information content (AvgIpc) is 2.79. The largest absolute Gasteiger partial charge is 0.481 e. The van der Waals surface area contributed by atoms with Gasteiger partial charge in [-0.05, 0) is 42.4 Å². The maximum absolute atomic E-state index is 13.2. The van der Waals surface area contributed by atoms with Crippen LogP contribution < -0.4 is 0 Å². The van der Waals surface area contributed by atoms with Gasteiger partial charge in [0.25, 0.3) is 0 Å². The van der Waals surface area contributed by atoms with Gasteiger partial charge in [-0.2, -0.15) is 0 Å². The lowest BCUT2D eigenvalue weighted by Gasteiger charge is -2.22. The summed E-state index contributed by atoms with van der Waals surface area (Å²) < 4.78 is 13.2. The van der Waals surface area contributed by atoms with Gasteiger partial charge < -0.3 is 5.11 Å². The van der Waals surface area contributed by atoms with E-state index in [9.17, 15) is 9.18 Å². The van der Waals surface area contributed by atoms with Crippen molar-refractivity contribution in [3.63, 3.8) is 0 Å². The highest BCUT2D eigenvalue weighted by Crippen LogP contribution is 2.39. The number of rotatable bonds is 4. The normalized spacial score (nSPS) is 18.2. The van der Waals surface area contributed by atoms with Crippen molar-refractivity contribution in [2.75, 3.05) is 0 Å². The second kappa shape index (κ2) is 5.30. The van der Waals surface area contributed by atoms with E-state index in [1.807, 2.05) is 6.07 Å². The lowest BCUT2D eigenvalue weighted by atomic mass is 9.82. The molecule has 1 unspecified atom stereocenters. The third-order valence-corrected chi connectivity index (χ3v) is 3.64. The number of carbonyl (C=O) groups is 1. The van der Waals surface area contributed by atoms with E-state index in [0.29, 0.717) is 5.92 Å². The molecule has 1 atom stereocenters. The molecule has 0 saturated heterocycles. The summed E-state index contributed by atoms with van der Waals surface area (Å²) in [4.78, 5) is 10.9. The minimum absolute atomic E-state index is 0.0364. The van der Waals surface area contributed by atoms with Crippen LogP contribution in [0.1, 0.15) is 43.6 Å². The zero-order valence-electron chi connectivity index (χ0n) is 9.73. The van der Waals surface area contributed by atoms with Crippen LogP contribution in [0.4, 0.5) is 4.39 Å². The van der Waals surface area contributed by atoms with E-state index in [-0.39, 0.29) is 18.2 Å². The first-order valence-electron chi connectivity index (χ1n) is 6.14.